The van der Waals surface area contributed by atoms with Gasteiger partial charge in [0.2, 0.25) is 0 Å². The van der Waals surface area contributed by atoms with Crippen LogP contribution in [-0.2, 0) is 20.7 Å². The van der Waals surface area contributed by atoms with Gasteiger partial charge in [-0.25, -0.2) is 4.79 Å². The fraction of sp³-hybridized carbons (Fsp3) is 0.745. The Morgan fingerprint density at radius 2 is 1.74 bits per heavy atom. The Labute approximate surface area is 385 Å². The molecule has 0 aromatic heterocycles. The molecule has 9 aliphatic carbocycles. The van der Waals surface area contributed by atoms with Crippen LogP contribution in [0.1, 0.15) is 134 Å². The molecule has 1 aromatic rings. The molecule has 7 fully saturated rings. The highest BCUT2D eigenvalue weighted by Gasteiger charge is 2.86. The lowest BCUT2D eigenvalue weighted by Crippen LogP contribution is -2.85. The largest absolute Gasteiger partial charge is 0.454 e. The summed E-state index contributed by atoms with van der Waals surface area (Å²) in [7, 11) is 0. The molecule has 1 aromatic carbocycles. The smallest absolute Gasteiger partial charge is 0.331 e. The Morgan fingerprint density at radius 1 is 0.923 bits per heavy atom. The van der Waals surface area contributed by atoms with Crippen LogP contribution < -0.4 is 5.32 Å². The first-order chi connectivity index (χ1) is 31.4. The van der Waals surface area contributed by atoms with E-state index in [1.807, 2.05) is 18.2 Å². The number of aldehydes is 1. The van der Waals surface area contributed by atoms with Crippen LogP contribution in [0, 0.1) is 87.8 Å². The van der Waals surface area contributed by atoms with Crippen LogP contribution >= 0.6 is 0 Å². The molecule has 19 atom stereocenters. The second-order valence-electron chi connectivity index (χ2n) is 23.2. The minimum Gasteiger partial charge on any atom is -0.454 e. The van der Waals surface area contributed by atoms with Crippen LogP contribution in [0.25, 0.3) is 0 Å². The number of nitrogens with one attached hydrogen (secondary N) is 1. The number of aliphatic hydroxyl groups is 6. The lowest BCUT2D eigenvalue weighted by Gasteiger charge is -2.73. The standard InChI is InChI=1S/C55H73NO9/c1-2-3-4-17-36-28-52(30-57)45-20-22-51-21-10-9-13-32-12-5-8-16-34(32)25-44(56-31-58)40-23-37(47(51)41-27-46(59)65-49(40)41)29-53(51,62)55(45,64)50(61)43-26-39-35(24-42(48(36)60)54(43,52)63)18-11-19-38(39)33-14-6-7-15-33/h5,8,11-12,16,18,27,30,33,35-40,42-45,47-50,56,58,60-64H,2-4,6-7,10,14-15,17,19-26,28-29,31H2,1H3/t35-,36-,37+,38-,39+,40+,42+,43+,44-,45-,47-,48+,49+,50-,51-,52+,53-,54-,55-/m1/s1. The van der Waals surface area contributed by atoms with Crippen LogP contribution in [0.15, 0.2) is 48.1 Å². The summed E-state index contributed by atoms with van der Waals surface area (Å²) in [4.78, 5) is 28.3. The van der Waals surface area contributed by atoms with Crippen molar-refractivity contribution in [2.24, 2.45) is 75.9 Å². The molecular weight excluding hydrogens is 819 g/mol. The zero-order valence-electron chi connectivity index (χ0n) is 38.3. The number of esters is 1. The monoisotopic (exact) mass is 892 g/mol. The normalized spacial score (nSPS) is 49.4. The van der Waals surface area contributed by atoms with Crippen LogP contribution in [-0.4, -0.2) is 90.8 Å². The van der Waals surface area contributed by atoms with E-state index in [9.17, 15) is 40.2 Å². The van der Waals surface area contributed by atoms with E-state index in [1.165, 1.54) is 12.8 Å². The Kier molecular flexibility index (Phi) is 11.2. The molecule has 352 valence electrons. The van der Waals surface area contributed by atoms with Crippen molar-refractivity contribution in [3.63, 3.8) is 0 Å². The predicted molar refractivity (Wildman–Crippen MR) is 243 cm³/mol. The number of hydrogen-bond acceptors (Lipinski definition) is 10. The Hall–Kier alpha value is -2.88. The molecule has 65 heavy (non-hydrogen) atoms. The van der Waals surface area contributed by atoms with E-state index in [0.29, 0.717) is 63.2 Å². The maximum Gasteiger partial charge on any atom is 0.331 e. The van der Waals surface area contributed by atoms with E-state index < -0.39 is 69.7 Å². The lowest BCUT2D eigenvalue weighted by atomic mass is 9.34. The van der Waals surface area contributed by atoms with Gasteiger partial charge in [-0.15, -0.1) is 0 Å². The third-order valence-corrected chi connectivity index (χ3v) is 21.1. The van der Waals surface area contributed by atoms with Gasteiger partial charge in [-0.05, 0) is 129 Å². The number of ether oxygens (including phenoxy) is 1. The molecule has 0 radical (unpaired) electrons. The molecule has 0 saturated heterocycles. The molecule has 4 bridgehead atoms. The Bertz CT molecular complexity index is 2160. The number of unbranched alkanes of at least 4 members (excludes halogenated alkanes) is 2. The number of rotatable bonds is 8. The van der Waals surface area contributed by atoms with Gasteiger partial charge < -0.3 is 40.2 Å². The van der Waals surface area contributed by atoms with Crippen molar-refractivity contribution >= 4 is 12.3 Å². The van der Waals surface area contributed by atoms with Crippen molar-refractivity contribution in [1.82, 2.24) is 5.32 Å². The first kappa shape index (κ1) is 44.6. The third-order valence-electron chi connectivity index (χ3n) is 21.1. The number of allylic oxidation sites excluding steroid dienone is 2. The Balaban J connectivity index is 1.09. The maximum absolute atomic E-state index is 14.7. The molecule has 7 saturated carbocycles. The van der Waals surface area contributed by atoms with Gasteiger partial charge in [0.25, 0.3) is 0 Å². The molecular formula is C55H73NO9. The van der Waals surface area contributed by atoms with E-state index in [-0.39, 0.29) is 67.5 Å². The average molecular weight is 892 g/mol. The zero-order valence-corrected chi connectivity index (χ0v) is 38.3. The number of carbonyl (C=O) groups is 2. The summed E-state index contributed by atoms with van der Waals surface area (Å²) < 4.78 is 6.25. The van der Waals surface area contributed by atoms with E-state index in [2.05, 4.69) is 42.3 Å². The quantitative estimate of drug-likeness (QED) is 0.0414. The lowest BCUT2D eigenvalue weighted by molar-refractivity contribution is -0.379. The van der Waals surface area contributed by atoms with E-state index in [0.717, 1.165) is 61.5 Å². The fourth-order valence-corrected chi connectivity index (χ4v) is 18.7. The van der Waals surface area contributed by atoms with E-state index in [1.54, 1.807) is 6.08 Å². The van der Waals surface area contributed by atoms with Gasteiger partial charge in [-0.2, -0.15) is 0 Å². The number of benzene rings is 1. The van der Waals surface area contributed by atoms with Crippen molar-refractivity contribution in [3.05, 3.63) is 59.2 Å². The molecule has 0 unspecified atom stereocenters. The molecule has 10 aliphatic rings. The van der Waals surface area contributed by atoms with Crippen LogP contribution in [0.4, 0.5) is 0 Å². The Morgan fingerprint density at radius 3 is 2.52 bits per heavy atom. The van der Waals surface area contributed by atoms with Crippen LogP contribution in [0.2, 0.25) is 0 Å². The van der Waals surface area contributed by atoms with Crippen molar-refractivity contribution in [2.75, 3.05) is 6.73 Å². The SMILES string of the molecule is CCCCC[C@@H]1C[C@]2(C=O)[C@H]3CC[C@@]45CCC#Cc6ccccc6C[C@@H](NCO)[C@@H]6C[C@@H](C[C@]4(O)[C@]3(O)[C@H](O)[C@@H]3C[C@H]4[C@H](C=CC[C@@H]4C4CCCC4)C[C@@H]([C@H]1O)[C@@]32O)[C@@H]5C1=CC(=O)O[C@H]16. The number of fused-ring (bicyclic) bond motifs is 8. The highest BCUT2D eigenvalue weighted by atomic mass is 16.5. The van der Waals surface area contributed by atoms with Gasteiger partial charge >= 0.3 is 5.97 Å². The first-order valence-electron chi connectivity index (χ1n) is 25.9. The molecule has 10 nitrogen and oxygen atoms in total. The van der Waals surface area contributed by atoms with Gasteiger partial charge in [0.05, 0.1) is 30.0 Å². The topological polar surface area (TPSA) is 177 Å². The van der Waals surface area contributed by atoms with Crippen molar-refractivity contribution in [1.29, 1.82) is 0 Å². The summed E-state index contributed by atoms with van der Waals surface area (Å²) in [6.07, 6.45) is 17.0. The average Bonchev–Trinajstić information content (AvgIpc) is 4.01. The van der Waals surface area contributed by atoms with Crippen molar-refractivity contribution < 1.29 is 45.0 Å². The zero-order chi connectivity index (χ0) is 45.1. The number of carbonyl (C=O) groups excluding carboxylic acids is 2. The summed E-state index contributed by atoms with van der Waals surface area (Å²) in [5.41, 5.74) is -5.86. The maximum atomic E-state index is 14.7. The minimum absolute atomic E-state index is 0.0474. The summed E-state index contributed by atoms with van der Waals surface area (Å²) in [5.74, 6) is 3.61. The molecule has 1 spiro atoms. The van der Waals surface area contributed by atoms with Crippen LogP contribution in [0.5, 0.6) is 0 Å². The molecule has 7 N–H and O–H groups in total. The molecule has 1 aliphatic heterocycles. The third kappa shape index (κ3) is 6.10. The highest BCUT2D eigenvalue weighted by molar-refractivity contribution is 5.86. The molecule has 1 heterocycles. The van der Waals surface area contributed by atoms with Crippen molar-refractivity contribution in [2.45, 2.75) is 170 Å². The highest BCUT2D eigenvalue weighted by Crippen LogP contribution is 2.78. The summed E-state index contributed by atoms with van der Waals surface area (Å²) in [6, 6.07) is 7.71. The summed E-state index contributed by atoms with van der Waals surface area (Å²) in [6.45, 7) is 1.87. The second-order valence-corrected chi connectivity index (χ2v) is 23.2. The van der Waals surface area contributed by atoms with E-state index >= 15 is 0 Å². The summed E-state index contributed by atoms with van der Waals surface area (Å²) >= 11 is 0. The van der Waals surface area contributed by atoms with Gasteiger partial charge in [0.15, 0.2) is 0 Å². The number of aliphatic hydroxyl groups excluding tert-OH is 3. The molecule has 0 amide bonds. The fourth-order valence-electron chi connectivity index (χ4n) is 18.7. The van der Waals surface area contributed by atoms with Gasteiger partial charge in [0.1, 0.15) is 23.6 Å². The van der Waals surface area contributed by atoms with Crippen molar-refractivity contribution in [3.8, 4) is 11.8 Å². The molecule has 11 rings (SSSR count). The van der Waals surface area contributed by atoms with Gasteiger partial charge in [-0.1, -0.05) is 94.1 Å². The molecule has 10 heteroatoms. The van der Waals surface area contributed by atoms with Crippen LogP contribution in [0.3, 0.4) is 0 Å². The van der Waals surface area contributed by atoms with Gasteiger partial charge in [-0.3, -0.25) is 5.32 Å². The first-order valence-corrected chi connectivity index (χ1v) is 25.9. The van der Waals surface area contributed by atoms with E-state index in [4.69, 9.17) is 4.74 Å². The summed E-state index contributed by atoms with van der Waals surface area (Å²) in [5, 5.41) is 83.0. The predicted octanol–water partition coefficient (Wildman–Crippen LogP) is 5.93. The van der Waals surface area contributed by atoms with Gasteiger partial charge in [0, 0.05) is 53.2 Å². The number of hydrogen-bond donors (Lipinski definition) is 7. The minimum atomic E-state index is -2.22. The second kappa shape index (κ2) is 16.4.